The minimum absolute atomic E-state index is 0.324. The van der Waals surface area contributed by atoms with Gasteiger partial charge in [-0.05, 0) is 18.9 Å². The molecule has 0 radical (unpaired) electrons. The molecule has 0 aliphatic carbocycles. The lowest BCUT2D eigenvalue weighted by molar-refractivity contribution is -0.153. The zero-order valence-electron chi connectivity index (χ0n) is 9.40. The van der Waals surface area contributed by atoms with Gasteiger partial charge in [-0.3, -0.25) is 9.59 Å². The molecular formula is C13H14O3. The molecule has 0 saturated carbocycles. The van der Waals surface area contributed by atoms with Crippen LogP contribution in [0.3, 0.4) is 0 Å². The van der Waals surface area contributed by atoms with Gasteiger partial charge in [0.15, 0.2) is 0 Å². The fourth-order valence-electron chi connectivity index (χ4n) is 1.87. The Hall–Kier alpha value is -1.64. The number of carbonyl (C=O) groups is 2. The molecule has 1 aromatic carbocycles. The van der Waals surface area contributed by atoms with Gasteiger partial charge < -0.3 is 4.74 Å². The summed E-state index contributed by atoms with van der Waals surface area (Å²) in [6, 6.07) is 7.97. The van der Waals surface area contributed by atoms with Crippen LogP contribution in [0.5, 0.6) is 0 Å². The number of rotatable bonds is 2. The number of benzene rings is 1. The Bertz CT molecular complexity index is 419. The SMILES string of the molecule is Cc1ccc(CC2C(=O)OC(=O)C2C)cc1. The summed E-state index contributed by atoms with van der Waals surface area (Å²) in [5.74, 6) is -1.44. The number of ether oxygens (including phenoxy) is 1. The molecule has 0 bridgehead atoms. The number of hydrogen-bond donors (Lipinski definition) is 0. The van der Waals surface area contributed by atoms with Crippen LogP contribution in [0.1, 0.15) is 18.1 Å². The maximum Gasteiger partial charge on any atom is 0.317 e. The van der Waals surface area contributed by atoms with Crippen LogP contribution in [-0.4, -0.2) is 11.9 Å². The quantitative estimate of drug-likeness (QED) is 0.562. The third kappa shape index (κ3) is 1.98. The monoisotopic (exact) mass is 218 g/mol. The second-order valence-electron chi connectivity index (χ2n) is 4.33. The smallest absolute Gasteiger partial charge is 0.317 e. The molecule has 0 amide bonds. The summed E-state index contributed by atoms with van der Waals surface area (Å²) in [5.41, 5.74) is 2.25. The van der Waals surface area contributed by atoms with Gasteiger partial charge in [0.2, 0.25) is 0 Å². The van der Waals surface area contributed by atoms with Gasteiger partial charge in [0, 0.05) is 0 Å². The maximum absolute atomic E-state index is 11.4. The van der Waals surface area contributed by atoms with E-state index in [2.05, 4.69) is 4.74 Å². The van der Waals surface area contributed by atoms with Crippen LogP contribution < -0.4 is 0 Å². The molecule has 0 spiro atoms. The zero-order chi connectivity index (χ0) is 11.7. The zero-order valence-corrected chi connectivity index (χ0v) is 9.40. The molecular weight excluding hydrogens is 204 g/mol. The molecule has 16 heavy (non-hydrogen) atoms. The number of carbonyl (C=O) groups excluding carboxylic acids is 2. The van der Waals surface area contributed by atoms with Crippen molar-refractivity contribution in [1.29, 1.82) is 0 Å². The van der Waals surface area contributed by atoms with Gasteiger partial charge in [0.05, 0.1) is 11.8 Å². The summed E-state index contributed by atoms with van der Waals surface area (Å²) < 4.78 is 4.60. The Morgan fingerprint density at radius 2 is 1.75 bits per heavy atom. The molecule has 1 aliphatic rings. The van der Waals surface area contributed by atoms with Crippen molar-refractivity contribution in [2.45, 2.75) is 20.3 Å². The number of aryl methyl sites for hydroxylation is 1. The molecule has 1 saturated heterocycles. The molecule has 1 fully saturated rings. The Labute approximate surface area is 94.4 Å². The average molecular weight is 218 g/mol. The average Bonchev–Trinajstić information content (AvgIpc) is 2.48. The number of hydrogen-bond acceptors (Lipinski definition) is 3. The molecule has 2 atom stereocenters. The van der Waals surface area contributed by atoms with E-state index in [0.29, 0.717) is 6.42 Å². The summed E-state index contributed by atoms with van der Waals surface area (Å²) in [4.78, 5) is 22.6. The molecule has 1 heterocycles. The van der Waals surface area contributed by atoms with Gasteiger partial charge in [0.1, 0.15) is 0 Å². The van der Waals surface area contributed by atoms with Crippen molar-refractivity contribution in [1.82, 2.24) is 0 Å². The van der Waals surface area contributed by atoms with Crippen LogP contribution in [0.4, 0.5) is 0 Å². The van der Waals surface area contributed by atoms with E-state index in [9.17, 15) is 9.59 Å². The molecule has 3 heteroatoms. The first-order valence-electron chi connectivity index (χ1n) is 5.39. The van der Waals surface area contributed by atoms with Crippen molar-refractivity contribution in [3.8, 4) is 0 Å². The van der Waals surface area contributed by atoms with Crippen LogP contribution in [0.25, 0.3) is 0 Å². The van der Waals surface area contributed by atoms with Crippen LogP contribution in [0, 0.1) is 18.8 Å². The first-order chi connectivity index (χ1) is 7.58. The van der Waals surface area contributed by atoms with Crippen molar-refractivity contribution < 1.29 is 14.3 Å². The normalized spacial score (nSPS) is 24.6. The van der Waals surface area contributed by atoms with E-state index in [1.807, 2.05) is 31.2 Å². The molecule has 1 aromatic rings. The number of esters is 2. The Morgan fingerprint density at radius 3 is 2.25 bits per heavy atom. The minimum atomic E-state index is -0.401. The summed E-state index contributed by atoms with van der Waals surface area (Å²) in [6.45, 7) is 3.76. The Balaban J connectivity index is 2.13. The van der Waals surface area contributed by atoms with Crippen LogP contribution >= 0.6 is 0 Å². The van der Waals surface area contributed by atoms with E-state index < -0.39 is 11.9 Å². The highest BCUT2D eigenvalue weighted by Gasteiger charge is 2.40. The van der Waals surface area contributed by atoms with Crippen LogP contribution in [0.2, 0.25) is 0 Å². The first kappa shape index (κ1) is 10.9. The van der Waals surface area contributed by atoms with E-state index in [-0.39, 0.29) is 11.8 Å². The van der Waals surface area contributed by atoms with Gasteiger partial charge >= 0.3 is 11.9 Å². The van der Waals surface area contributed by atoms with Gasteiger partial charge in [-0.15, -0.1) is 0 Å². The standard InChI is InChI=1S/C13H14O3/c1-8-3-5-10(6-4-8)7-11-9(2)12(14)16-13(11)15/h3-6,9,11H,7H2,1-2H3. The van der Waals surface area contributed by atoms with Gasteiger partial charge in [-0.2, -0.15) is 0 Å². The van der Waals surface area contributed by atoms with Crippen molar-refractivity contribution in [3.05, 3.63) is 35.4 Å². The third-order valence-corrected chi connectivity index (χ3v) is 3.06. The highest BCUT2D eigenvalue weighted by molar-refractivity contribution is 5.96. The van der Waals surface area contributed by atoms with Gasteiger partial charge in [-0.1, -0.05) is 36.8 Å². The fraction of sp³-hybridized carbons (Fsp3) is 0.385. The lowest BCUT2D eigenvalue weighted by Gasteiger charge is -2.09. The van der Waals surface area contributed by atoms with Gasteiger partial charge in [-0.25, -0.2) is 0 Å². The summed E-state index contributed by atoms with van der Waals surface area (Å²) in [6.07, 6.45) is 0.575. The van der Waals surface area contributed by atoms with E-state index in [4.69, 9.17) is 0 Å². The maximum atomic E-state index is 11.4. The van der Waals surface area contributed by atoms with Gasteiger partial charge in [0.25, 0.3) is 0 Å². The number of cyclic esters (lactones) is 2. The molecule has 2 unspecified atom stereocenters. The largest absolute Gasteiger partial charge is 0.393 e. The van der Waals surface area contributed by atoms with Crippen molar-refractivity contribution in [3.63, 3.8) is 0 Å². The summed E-state index contributed by atoms with van der Waals surface area (Å²) in [7, 11) is 0. The molecule has 0 N–H and O–H groups in total. The summed E-state index contributed by atoms with van der Waals surface area (Å²) >= 11 is 0. The molecule has 1 aliphatic heterocycles. The third-order valence-electron chi connectivity index (χ3n) is 3.06. The second kappa shape index (κ2) is 4.08. The van der Waals surface area contributed by atoms with E-state index >= 15 is 0 Å². The fourth-order valence-corrected chi connectivity index (χ4v) is 1.87. The predicted octanol–water partition coefficient (Wildman–Crippen LogP) is 1.87. The highest BCUT2D eigenvalue weighted by atomic mass is 16.6. The van der Waals surface area contributed by atoms with Crippen molar-refractivity contribution >= 4 is 11.9 Å². The topological polar surface area (TPSA) is 43.4 Å². The molecule has 3 nitrogen and oxygen atoms in total. The van der Waals surface area contributed by atoms with Crippen LogP contribution in [-0.2, 0) is 20.7 Å². The van der Waals surface area contributed by atoms with E-state index in [0.717, 1.165) is 5.56 Å². The predicted molar refractivity (Wildman–Crippen MR) is 58.6 cm³/mol. The van der Waals surface area contributed by atoms with Crippen LogP contribution in [0.15, 0.2) is 24.3 Å². The molecule has 0 aromatic heterocycles. The first-order valence-corrected chi connectivity index (χ1v) is 5.39. The van der Waals surface area contributed by atoms with Crippen molar-refractivity contribution in [2.75, 3.05) is 0 Å². The van der Waals surface area contributed by atoms with Crippen molar-refractivity contribution in [2.24, 2.45) is 11.8 Å². The Morgan fingerprint density at radius 1 is 1.12 bits per heavy atom. The lowest BCUT2D eigenvalue weighted by Crippen LogP contribution is -2.17. The summed E-state index contributed by atoms with van der Waals surface area (Å²) in [5, 5.41) is 0. The Kier molecular flexibility index (Phi) is 2.77. The van der Waals surface area contributed by atoms with E-state index in [1.165, 1.54) is 5.56 Å². The molecule has 84 valence electrons. The highest BCUT2D eigenvalue weighted by Crippen LogP contribution is 2.26. The minimum Gasteiger partial charge on any atom is -0.393 e. The lowest BCUT2D eigenvalue weighted by atomic mass is 9.90. The molecule has 2 rings (SSSR count). The second-order valence-corrected chi connectivity index (χ2v) is 4.33. The van der Waals surface area contributed by atoms with E-state index in [1.54, 1.807) is 6.92 Å².